The van der Waals surface area contributed by atoms with Crippen molar-refractivity contribution in [1.29, 1.82) is 0 Å². The molecule has 1 aliphatic rings. The van der Waals surface area contributed by atoms with Gasteiger partial charge in [0.15, 0.2) is 8.32 Å². The molecule has 0 bridgehead atoms. The molecule has 0 radical (unpaired) electrons. The zero-order valence-electron chi connectivity index (χ0n) is 9.96. The smallest absolute Gasteiger partial charge is 0.192 e. The van der Waals surface area contributed by atoms with E-state index in [-0.39, 0.29) is 6.10 Å². The second-order valence-corrected chi connectivity index (χ2v) is 10.2. The molecule has 14 heavy (non-hydrogen) atoms. The molecular weight excluding hydrogens is 192 g/mol. The number of hydrogen-bond donors (Lipinski definition) is 0. The highest BCUT2D eigenvalue weighted by Gasteiger charge is 2.37. The average Bonchev–Trinajstić information content (AvgIpc) is 2.50. The van der Waals surface area contributed by atoms with Crippen molar-refractivity contribution in [3.05, 3.63) is 12.3 Å². The van der Waals surface area contributed by atoms with Crippen LogP contribution in [0.3, 0.4) is 0 Å². The molecule has 1 aliphatic heterocycles. The number of rotatable bonds is 3. The van der Waals surface area contributed by atoms with E-state index in [9.17, 15) is 0 Å². The van der Waals surface area contributed by atoms with E-state index in [4.69, 9.17) is 9.16 Å². The normalized spacial score (nSPS) is 22.5. The topological polar surface area (TPSA) is 18.5 Å². The zero-order valence-corrected chi connectivity index (χ0v) is 11.0. The maximum absolute atomic E-state index is 6.05. The summed E-state index contributed by atoms with van der Waals surface area (Å²) in [6.45, 7) is 12.1. The summed E-state index contributed by atoms with van der Waals surface area (Å²) in [5.41, 5.74) is 0. The summed E-state index contributed by atoms with van der Waals surface area (Å²) in [4.78, 5) is 0. The van der Waals surface area contributed by atoms with Gasteiger partial charge in [0.05, 0.1) is 12.9 Å². The second-order valence-electron chi connectivity index (χ2n) is 5.44. The van der Waals surface area contributed by atoms with Crippen molar-refractivity contribution in [2.45, 2.75) is 51.4 Å². The predicted molar refractivity (Wildman–Crippen MR) is 61.8 cm³/mol. The molecule has 82 valence electrons. The summed E-state index contributed by atoms with van der Waals surface area (Å²) in [6.07, 6.45) is 5.08. The van der Waals surface area contributed by atoms with Gasteiger partial charge in [-0.3, -0.25) is 0 Å². The van der Waals surface area contributed by atoms with Crippen LogP contribution in [-0.2, 0) is 9.16 Å². The Morgan fingerprint density at radius 2 is 2.07 bits per heavy atom. The first-order valence-electron chi connectivity index (χ1n) is 5.27. The van der Waals surface area contributed by atoms with E-state index in [1.807, 2.05) is 0 Å². The van der Waals surface area contributed by atoms with E-state index in [1.54, 1.807) is 6.26 Å². The van der Waals surface area contributed by atoms with Crippen molar-refractivity contribution in [2.75, 3.05) is 6.61 Å². The van der Waals surface area contributed by atoms with Crippen molar-refractivity contribution < 1.29 is 9.16 Å². The molecule has 1 rings (SSSR count). The van der Waals surface area contributed by atoms with Crippen LogP contribution in [0.4, 0.5) is 0 Å². The summed E-state index contributed by atoms with van der Waals surface area (Å²) in [5, 5.41) is 0.291. The van der Waals surface area contributed by atoms with Crippen LogP contribution in [0.15, 0.2) is 12.3 Å². The Kier molecular flexibility index (Phi) is 3.43. The van der Waals surface area contributed by atoms with E-state index in [0.717, 1.165) is 13.0 Å². The van der Waals surface area contributed by atoms with E-state index in [0.29, 0.717) is 5.04 Å². The molecule has 0 amide bonds. The van der Waals surface area contributed by atoms with Crippen LogP contribution >= 0.6 is 0 Å². The SMILES string of the molecule is CC(C)(C)[Si](C)(C)OC[C@@H]1CC=CO1. The van der Waals surface area contributed by atoms with Crippen molar-refractivity contribution in [3.8, 4) is 0 Å². The summed E-state index contributed by atoms with van der Waals surface area (Å²) in [5.74, 6) is 0. The van der Waals surface area contributed by atoms with Crippen molar-refractivity contribution >= 4 is 8.32 Å². The van der Waals surface area contributed by atoms with Gasteiger partial charge in [-0.1, -0.05) is 20.8 Å². The largest absolute Gasteiger partial charge is 0.496 e. The van der Waals surface area contributed by atoms with Gasteiger partial charge in [0, 0.05) is 6.42 Å². The molecule has 0 fully saturated rings. The Labute approximate surface area is 88.4 Å². The fourth-order valence-corrected chi connectivity index (χ4v) is 2.09. The van der Waals surface area contributed by atoms with Gasteiger partial charge in [-0.2, -0.15) is 0 Å². The van der Waals surface area contributed by atoms with Crippen LogP contribution in [-0.4, -0.2) is 21.0 Å². The van der Waals surface area contributed by atoms with E-state index in [1.165, 1.54) is 0 Å². The summed E-state index contributed by atoms with van der Waals surface area (Å²) >= 11 is 0. The molecular formula is C11H22O2Si. The third kappa shape index (κ3) is 2.85. The number of hydrogen-bond acceptors (Lipinski definition) is 2. The molecule has 0 aromatic carbocycles. The van der Waals surface area contributed by atoms with Gasteiger partial charge in [0.25, 0.3) is 0 Å². The minimum absolute atomic E-state index is 0.254. The highest BCUT2D eigenvalue weighted by atomic mass is 28.4. The molecule has 3 heteroatoms. The molecule has 0 unspecified atom stereocenters. The Balaban J connectivity index is 2.36. The Morgan fingerprint density at radius 1 is 1.43 bits per heavy atom. The van der Waals surface area contributed by atoms with E-state index < -0.39 is 8.32 Å². The first-order chi connectivity index (χ1) is 6.33. The van der Waals surface area contributed by atoms with Crippen LogP contribution in [0, 0.1) is 0 Å². The van der Waals surface area contributed by atoms with Crippen LogP contribution in [0.2, 0.25) is 18.1 Å². The monoisotopic (exact) mass is 214 g/mol. The summed E-state index contributed by atoms with van der Waals surface area (Å²) in [6, 6.07) is 0. The summed E-state index contributed by atoms with van der Waals surface area (Å²) < 4.78 is 11.4. The fourth-order valence-electron chi connectivity index (χ4n) is 1.05. The highest BCUT2D eigenvalue weighted by Crippen LogP contribution is 2.36. The van der Waals surface area contributed by atoms with Gasteiger partial charge in [-0.15, -0.1) is 0 Å². The first kappa shape index (κ1) is 11.8. The molecule has 0 aliphatic carbocycles. The predicted octanol–water partition coefficient (Wildman–Crippen LogP) is 3.31. The van der Waals surface area contributed by atoms with Gasteiger partial charge in [0.1, 0.15) is 6.10 Å². The maximum atomic E-state index is 6.05. The molecule has 2 nitrogen and oxygen atoms in total. The zero-order chi connectivity index (χ0) is 10.8. The highest BCUT2D eigenvalue weighted by molar-refractivity contribution is 6.74. The Morgan fingerprint density at radius 3 is 2.50 bits per heavy atom. The standard InChI is InChI=1S/C11H22O2Si/c1-11(2,3)14(4,5)13-9-10-7-6-8-12-10/h6,8,10H,7,9H2,1-5H3/t10-/m0/s1. The molecule has 1 heterocycles. The van der Waals surface area contributed by atoms with Gasteiger partial charge < -0.3 is 9.16 Å². The van der Waals surface area contributed by atoms with Gasteiger partial charge in [-0.25, -0.2) is 0 Å². The van der Waals surface area contributed by atoms with Crippen LogP contribution in [0.25, 0.3) is 0 Å². The molecule has 0 aromatic rings. The molecule has 0 saturated carbocycles. The third-order valence-electron chi connectivity index (χ3n) is 3.20. The first-order valence-corrected chi connectivity index (χ1v) is 8.18. The quantitative estimate of drug-likeness (QED) is 0.671. The molecule has 0 aromatic heterocycles. The van der Waals surface area contributed by atoms with Crippen molar-refractivity contribution in [1.82, 2.24) is 0 Å². The van der Waals surface area contributed by atoms with Gasteiger partial charge in [-0.05, 0) is 24.2 Å². The van der Waals surface area contributed by atoms with Gasteiger partial charge >= 0.3 is 0 Å². The lowest BCUT2D eigenvalue weighted by Crippen LogP contribution is -2.42. The molecule has 0 saturated heterocycles. The lowest BCUT2D eigenvalue weighted by atomic mass is 10.2. The van der Waals surface area contributed by atoms with Crippen LogP contribution < -0.4 is 0 Å². The summed E-state index contributed by atoms with van der Waals surface area (Å²) in [7, 11) is -1.58. The lowest BCUT2D eigenvalue weighted by Gasteiger charge is -2.36. The fraction of sp³-hybridized carbons (Fsp3) is 0.818. The average molecular weight is 214 g/mol. The molecule has 0 N–H and O–H groups in total. The third-order valence-corrected chi connectivity index (χ3v) is 7.70. The Bertz CT molecular complexity index is 208. The second kappa shape index (κ2) is 4.07. The van der Waals surface area contributed by atoms with Crippen LogP contribution in [0.5, 0.6) is 0 Å². The minimum atomic E-state index is -1.58. The maximum Gasteiger partial charge on any atom is 0.192 e. The molecule has 1 atom stereocenters. The van der Waals surface area contributed by atoms with Crippen molar-refractivity contribution in [3.63, 3.8) is 0 Å². The van der Waals surface area contributed by atoms with E-state index in [2.05, 4.69) is 39.9 Å². The molecule has 0 spiro atoms. The Hall–Kier alpha value is -0.283. The van der Waals surface area contributed by atoms with E-state index >= 15 is 0 Å². The van der Waals surface area contributed by atoms with Gasteiger partial charge in [0.2, 0.25) is 0 Å². The van der Waals surface area contributed by atoms with Crippen LogP contribution in [0.1, 0.15) is 27.2 Å². The number of ether oxygens (including phenoxy) is 1. The van der Waals surface area contributed by atoms with Crippen molar-refractivity contribution in [2.24, 2.45) is 0 Å². The lowest BCUT2D eigenvalue weighted by molar-refractivity contribution is 0.101. The minimum Gasteiger partial charge on any atom is -0.496 e.